The predicted molar refractivity (Wildman–Crippen MR) is 73.2 cm³/mol. The molecule has 2 atom stereocenters. The molecule has 0 aromatic heterocycles. The molecule has 2 aliphatic rings. The van der Waals surface area contributed by atoms with Gasteiger partial charge in [-0.3, -0.25) is 9.59 Å². The lowest BCUT2D eigenvalue weighted by Gasteiger charge is -2.44. The SMILES string of the molecule is COc1ccc2c(c1)[C@@]1(C(=O)O)CCCC[C@@H]1CC2=O. The number of carboxylic acids is 1. The monoisotopic (exact) mass is 274 g/mol. The number of ketones is 1. The van der Waals surface area contributed by atoms with Gasteiger partial charge in [-0.2, -0.15) is 0 Å². The van der Waals surface area contributed by atoms with Crippen LogP contribution in [0.3, 0.4) is 0 Å². The summed E-state index contributed by atoms with van der Waals surface area (Å²) in [6, 6.07) is 5.19. The van der Waals surface area contributed by atoms with Crippen LogP contribution in [-0.2, 0) is 10.2 Å². The zero-order valence-corrected chi connectivity index (χ0v) is 11.5. The molecule has 4 nitrogen and oxygen atoms in total. The molecule has 0 radical (unpaired) electrons. The highest BCUT2D eigenvalue weighted by Gasteiger charge is 2.53. The summed E-state index contributed by atoms with van der Waals surface area (Å²) in [7, 11) is 1.55. The molecule has 1 saturated carbocycles. The second-order valence-corrected chi connectivity index (χ2v) is 5.76. The molecule has 1 N–H and O–H groups in total. The summed E-state index contributed by atoms with van der Waals surface area (Å²) in [4.78, 5) is 24.3. The molecule has 20 heavy (non-hydrogen) atoms. The highest BCUT2D eigenvalue weighted by molar-refractivity contribution is 6.03. The van der Waals surface area contributed by atoms with Gasteiger partial charge in [-0.25, -0.2) is 0 Å². The second kappa shape index (κ2) is 4.62. The number of carboxylic acid groups (broad SMARTS) is 1. The van der Waals surface area contributed by atoms with Crippen LogP contribution in [0.5, 0.6) is 5.75 Å². The largest absolute Gasteiger partial charge is 0.497 e. The minimum atomic E-state index is -0.907. The summed E-state index contributed by atoms with van der Waals surface area (Å²) >= 11 is 0. The second-order valence-electron chi connectivity index (χ2n) is 5.76. The maximum Gasteiger partial charge on any atom is 0.314 e. The molecular formula is C16H18O4. The third-order valence-corrected chi connectivity index (χ3v) is 4.89. The molecule has 3 rings (SSSR count). The van der Waals surface area contributed by atoms with Gasteiger partial charge in [-0.15, -0.1) is 0 Å². The molecule has 0 unspecified atom stereocenters. The number of fused-ring (bicyclic) bond motifs is 3. The number of Topliss-reactive ketones (excluding diaryl/α,β-unsaturated/α-hetero) is 1. The highest BCUT2D eigenvalue weighted by Crippen LogP contribution is 2.50. The van der Waals surface area contributed by atoms with Crippen LogP contribution < -0.4 is 4.74 Å². The van der Waals surface area contributed by atoms with Crippen LogP contribution >= 0.6 is 0 Å². The van der Waals surface area contributed by atoms with Crippen molar-refractivity contribution < 1.29 is 19.4 Å². The van der Waals surface area contributed by atoms with E-state index in [0.717, 1.165) is 19.3 Å². The fraction of sp³-hybridized carbons (Fsp3) is 0.500. The summed E-state index contributed by atoms with van der Waals surface area (Å²) in [5, 5.41) is 9.87. The standard InChI is InChI=1S/C16H18O4/c1-20-11-5-6-12-13(9-11)16(15(18)19)7-3-2-4-10(16)8-14(12)17/h5-6,9-10H,2-4,7-8H2,1H3,(H,18,19)/t10-,16-/m1/s1. The van der Waals surface area contributed by atoms with Gasteiger partial charge in [0.15, 0.2) is 5.78 Å². The van der Waals surface area contributed by atoms with E-state index in [4.69, 9.17) is 4.74 Å². The first kappa shape index (κ1) is 13.2. The molecule has 0 bridgehead atoms. The van der Waals surface area contributed by atoms with Gasteiger partial charge in [0.1, 0.15) is 5.75 Å². The molecule has 0 aliphatic heterocycles. The van der Waals surface area contributed by atoms with Crippen LogP contribution in [-0.4, -0.2) is 24.0 Å². The number of methoxy groups -OCH3 is 1. The Balaban J connectivity index is 2.24. The molecule has 1 fully saturated rings. The van der Waals surface area contributed by atoms with Gasteiger partial charge in [-0.05, 0) is 42.5 Å². The van der Waals surface area contributed by atoms with Crippen molar-refractivity contribution >= 4 is 11.8 Å². The van der Waals surface area contributed by atoms with E-state index in [1.807, 2.05) is 0 Å². The van der Waals surface area contributed by atoms with Crippen LogP contribution in [0.2, 0.25) is 0 Å². The van der Waals surface area contributed by atoms with Crippen molar-refractivity contribution in [3.05, 3.63) is 29.3 Å². The Labute approximate surface area is 117 Å². The predicted octanol–water partition coefficient (Wildman–Crippen LogP) is 2.79. The number of carbonyl (C=O) groups is 2. The van der Waals surface area contributed by atoms with Crippen LogP contribution in [0, 0.1) is 5.92 Å². The average molecular weight is 274 g/mol. The Kier molecular flexibility index (Phi) is 3.04. The zero-order valence-electron chi connectivity index (χ0n) is 11.5. The lowest BCUT2D eigenvalue weighted by atomic mass is 9.57. The smallest absolute Gasteiger partial charge is 0.314 e. The molecule has 0 heterocycles. The number of hydrogen-bond donors (Lipinski definition) is 1. The number of carbonyl (C=O) groups excluding carboxylic acids is 1. The molecule has 4 heteroatoms. The lowest BCUT2D eigenvalue weighted by Crippen LogP contribution is -2.49. The number of hydrogen-bond acceptors (Lipinski definition) is 3. The van der Waals surface area contributed by atoms with Crippen molar-refractivity contribution in [1.29, 1.82) is 0 Å². The Morgan fingerprint density at radius 2 is 2.20 bits per heavy atom. The average Bonchev–Trinajstić information content (AvgIpc) is 2.46. The van der Waals surface area contributed by atoms with Gasteiger partial charge >= 0.3 is 5.97 Å². The van der Waals surface area contributed by atoms with E-state index >= 15 is 0 Å². The van der Waals surface area contributed by atoms with Gasteiger partial charge < -0.3 is 9.84 Å². The molecule has 1 aromatic rings. The summed E-state index contributed by atoms with van der Waals surface area (Å²) < 4.78 is 5.22. The number of rotatable bonds is 2. The first-order valence-electron chi connectivity index (χ1n) is 7.04. The Morgan fingerprint density at radius 1 is 1.40 bits per heavy atom. The first-order chi connectivity index (χ1) is 9.59. The van der Waals surface area contributed by atoms with Crippen molar-refractivity contribution in [1.82, 2.24) is 0 Å². The Bertz CT molecular complexity index is 578. The quantitative estimate of drug-likeness (QED) is 0.900. The molecular weight excluding hydrogens is 256 g/mol. The lowest BCUT2D eigenvalue weighted by molar-refractivity contribution is -0.148. The maximum atomic E-state index is 12.3. The first-order valence-corrected chi connectivity index (χ1v) is 7.04. The normalized spacial score (nSPS) is 28.4. The van der Waals surface area contributed by atoms with Gasteiger partial charge in [0.2, 0.25) is 0 Å². The number of aliphatic carboxylic acids is 1. The molecule has 106 valence electrons. The zero-order chi connectivity index (χ0) is 14.3. The molecule has 2 aliphatic carbocycles. The van der Waals surface area contributed by atoms with Crippen molar-refractivity contribution in [2.75, 3.05) is 7.11 Å². The van der Waals surface area contributed by atoms with E-state index in [0.29, 0.717) is 29.7 Å². The third-order valence-electron chi connectivity index (χ3n) is 4.89. The van der Waals surface area contributed by atoms with E-state index in [1.165, 1.54) is 0 Å². The van der Waals surface area contributed by atoms with Crippen molar-refractivity contribution in [2.24, 2.45) is 5.92 Å². The molecule has 0 saturated heterocycles. The fourth-order valence-electron chi connectivity index (χ4n) is 3.87. The minimum absolute atomic E-state index is 0.0615. The van der Waals surface area contributed by atoms with E-state index < -0.39 is 11.4 Å². The molecule has 0 amide bonds. The number of benzene rings is 1. The fourth-order valence-corrected chi connectivity index (χ4v) is 3.87. The van der Waals surface area contributed by atoms with Crippen LogP contribution in [0.15, 0.2) is 18.2 Å². The van der Waals surface area contributed by atoms with Crippen molar-refractivity contribution in [2.45, 2.75) is 37.5 Å². The topological polar surface area (TPSA) is 63.6 Å². The summed E-state index contributed by atoms with van der Waals surface area (Å²) in [6.45, 7) is 0. The number of ether oxygens (including phenoxy) is 1. The van der Waals surface area contributed by atoms with E-state index in [1.54, 1.807) is 25.3 Å². The maximum absolute atomic E-state index is 12.3. The van der Waals surface area contributed by atoms with Gasteiger partial charge in [0.05, 0.1) is 12.5 Å². The minimum Gasteiger partial charge on any atom is -0.497 e. The van der Waals surface area contributed by atoms with Gasteiger partial charge in [0.25, 0.3) is 0 Å². The van der Waals surface area contributed by atoms with E-state index in [2.05, 4.69) is 0 Å². The van der Waals surface area contributed by atoms with Gasteiger partial charge in [0, 0.05) is 12.0 Å². The van der Waals surface area contributed by atoms with E-state index in [-0.39, 0.29) is 11.7 Å². The molecule has 0 spiro atoms. The Morgan fingerprint density at radius 3 is 2.90 bits per heavy atom. The van der Waals surface area contributed by atoms with Crippen molar-refractivity contribution in [3.8, 4) is 5.75 Å². The van der Waals surface area contributed by atoms with E-state index in [9.17, 15) is 14.7 Å². The van der Waals surface area contributed by atoms with Gasteiger partial charge in [-0.1, -0.05) is 12.8 Å². The van der Waals surface area contributed by atoms with Crippen LogP contribution in [0.4, 0.5) is 0 Å². The highest BCUT2D eigenvalue weighted by atomic mass is 16.5. The third kappa shape index (κ3) is 1.67. The molecule has 1 aromatic carbocycles. The van der Waals surface area contributed by atoms with Crippen molar-refractivity contribution in [3.63, 3.8) is 0 Å². The van der Waals surface area contributed by atoms with Crippen LogP contribution in [0.1, 0.15) is 48.0 Å². The summed E-state index contributed by atoms with van der Waals surface area (Å²) in [5.41, 5.74) is 0.312. The summed E-state index contributed by atoms with van der Waals surface area (Å²) in [6.07, 6.45) is 3.68. The summed E-state index contributed by atoms with van der Waals surface area (Å²) in [5.74, 6) is -0.208. The van der Waals surface area contributed by atoms with Crippen LogP contribution in [0.25, 0.3) is 0 Å². The Hall–Kier alpha value is -1.84.